The molecule has 1 aliphatic rings. The zero-order valence-electron chi connectivity index (χ0n) is 16.2. The molecule has 0 unspecified atom stereocenters. The first-order valence-electron chi connectivity index (χ1n) is 9.03. The molecule has 27 heavy (non-hydrogen) atoms. The van der Waals surface area contributed by atoms with Crippen LogP contribution in [0.15, 0.2) is 18.2 Å². The van der Waals surface area contributed by atoms with Crippen molar-refractivity contribution in [2.24, 2.45) is 0 Å². The second-order valence-electron chi connectivity index (χ2n) is 6.87. The minimum atomic E-state index is -3.10. The van der Waals surface area contributed by atoms with E-state index in [1.807, 2.05) is 26.0 Å². The monoisotopic (exact) mass is 397 g/mol. The lowest BCUT2D eigenvalue weighted by molar-refractivity contribution is -0.161. The molecule has 2 rings (SSSR count). The van der Waals surface area contributed by atoms with Gasteiger partial charge in [0.25, 0.3) is 5.91 Å². The quantitative estimate of drug-likeness (QED) is 0.650. The van der Waals surface area contributed by atoms with Gasteiger partial charge in [0.2, 0.25) is 0 Å². The van der Waals surface area contributed by atoms with E-state index < -0.39 is 21.9 Å². The van der Waals surface area contributed by atoms with Crippen LogP contribution < -0.4 is 4.74 Å². The Hall–Kier alpha value is -2.09. The maximum Gasteiger partial charge on any atom is 0.344 e. The SMILES string of the molecule is CCN(C(=O)[C@@H](C)OC(=O)COc1ccc(C)cc1C)[C@H]1CCS(=O)(=O)C1. The molecule has 1 heterocycles. The number of sulfone groups is 1. The van der Waals surface area contributed by atoms with Crippen LogP contribution in [-0.4, -0.2) is 62.0 Å². The average molecular weight is 397 g/mol. The van der Waals surface area contributed by atoms with Crippen LogP contribution in [0.2, 0.25) is 0 Å². The Bertz CT molecular complexity index is 804. The molecule has 7 nitrogen and oxygen atoms in total. The lowest BCUT2D eigenvalue weighted by Crippen LogP contribution is -2.46. The van der Waals surface area contributed by atoms with Crippen LogP contribution in [0.4, 0.5) is 0 Å². The molecule has 0 aliphatic carbocycles. The molecule has 0 spiro atoms. The van der Waals surface area contributed by atoms with Crippen molar-refractivity contribution in [2.75, 3.05) is 24.7 Å². The molecule has 0 aromatic heterocycles. The number of benzene rings is 1. The van der Waals surface area contributed by atoms with Gasteiger partial charge in [-0.2, -0.15) is 0 Å². The predicted octanol–water partition coefficient (Wildman–Crippen LogP) is 1.65. The number of likely N-dealkylation sites (N-methyl/N-ethyl adjacent to an activating group) is 1. The fourth-order valence-electron chi connectivity index (χ4n) is 3.23. The molecular weight excluding hydrogens is 370 g/mol. The van der Waals surface area contributed by atoms with Crippen LogP contribution in [0.1, 0.15) is 31.4 Å². The summed E-state index contributed by atoms with van der Waals surface area (Å²) in [6.45, 7) is 7.18. The Balaban J connectivity index is 1.89. The van der Waals surface area contributed by atoms with Gasteiger partial charge in [0.1, 0.15) is 5.75 Å². The van der Waals surface area contributed by atoms with E-state index in [1.54, 1.807) is 13.0 Å². The number of hydrogen-bond acceptors (Lipinski definition) is 6. The molecule has 1 saturated heterocycles. The normalized spacial score (nSPS) is 19.3. The van der Waals surface area contributed by atoms with Crippen LogP contribution in [0.25, 0.3) is 0 Å². The Kier molecular flexibility index (Phi) is 6.86. The van der Waals surface area contributed by atoms with Crippen LogP contribution >= 0.6 is 0 Å². The summed E-state index contributed by atoms with van der Waals surface area (Å²) in [6, 6.07) is 5.25. The summed E-state index contributed by atoms with van der Waals surface area (Å²) in [5.41, 5.74) is 2.00. The van der Waals surface area contributed by atoms with E-state index in [2.05, 4.69) is 0 Å². The number of rotatable bonds is 7. The highest BCUT2D eigenvalue weighted by molar-refractivity contribution is 7.91. The van der Waals surface area contributed by atoms with Gasteiger partial charge in [0.05, 0.1) is 11.5 Å². The van der Waals surface area contributed by atoms with Crippen molar-refractivity contribution in [1.29, 1.82) is 0 Å². The van der Waals surface area contributed by atoms with Gasteiger partial charge < -0.3 is 14.4 Å². The van der Waals surface area contributed by atoms with Crippen molar-refractivity contribution in [2.45, 2.75) is 46.3 Å². The Labute approximate surface area is 160 Å². The smallest absolute Gasteiger partial charge is 0.344 e. The first kappa shape index (κ1) is 21.2. The summed E-state index contributed by atoms with van der Waals surface area (Å²) in [7, 11) is -3.10. The van der Waals surface area contributed by atoms with Crippen LogP contribution in [0, 0.1) is 13.8 Å². The van der Waals surface area contributed by atoms with Crippen LogP contribution in [0.5, 0.6) is 5.75 Å². The van der Waals surface area contributed by atoms with Crippen LogP contribution in [0.3, 0.4) is 0 Å². The van der Waals surface area contributed by atoms with Crippen LogP contribution in [-0.2, 0) is 24.2 Å². The average Bonchev–Trinajstić information content (AvgIpc) is 2.94. The molecule has 1 amide bonds. The molecule has 0 saturated carbocycles. The number of nitrogens with zero attached hydrogens (tertiary/aromatic N) is 1. The van der Waals surface area contributed by atoms with Crippen molar-refractivity contribution < 1.29 is 27.5 Å². The Morgan fingerprint density at radius 3 is 2.56 bits per heavy atom. The first-order valence-corrected chi connectivity index (χ1v) is 10.9. The standard InChI is InChI=1S/C19H27NO6S/c1-5-20(16-8-9-27(23,24)12-16)19(22)15(4)26-18(21)11-25-17-7-6-13(2)10-14(17)3/h6-7,10,15-16H,5,8-9,11-12H2,1-4H3/t15-,16+/m1/s1. The number of amides is 1. The number of hydrogen-bond donors (Lipinski definition) is 0. The van der Waals surface area contributed by atoms with Crippen molar-refractivity contribution in [3.05, 3.63) is 29.3 Å². The summed E-state index contributed by atoms with van der Waals surface area (Å²) < 4.78 is 34.0. The molecule has 0 N–H and O–H groups in total. The highest BCUT2D eigenvalue weighted by atomic mass is 32.2. The van der Waals surface area contributed by atoms with Gasteiger partial charge in [-0.25, -0.2) is 13.2 Å². The van der Waals surface area contributed by atoms with E-state index in [1.165, 1.54) is 11.8 Å². The lowest BCUT2D eigenvalue weighted by Gasteiger charge is -2.29. The summed E-state index contributed by atoms with van der Waals surface area (Å²) in [5.74, 6) is -0.407. The van der Waals surface area contributed by atoms with Gasteiger partial charge in [0.15, 0.2) is 22.5 Å². The minimum Gasteiger partial charge on any atom is -0.482 e. The zero-order chi connectivity index (χ0) is 20.2. The molecule has 8 heteroatoms. The second kappa shape index (κ2) is 8.73. The lowest BCUT2D eigenvalue weighted by atomic mass is 10.1. The van der Waals surface area contributed by atoms with Crippen molar-refractivity contribution in [3.63, 3.8) is 0 Å². The Morgan fingerprint density at radius 2 is 2.00 bits per heavy atom. The summed E-state index contributed by atoms with van der Waals surface area (Å²) in [5, 5.41) is 0. The van der Waals surface area contributed by atoms with Gasteiger partial charge in [0, 0.05) is 12.6 Å². The number of carbonyl (C=O) groups excluding carboxylic acids is 2. The molecule has 1 aromatic rings. The summed E-state index contributed by atoms with van der Waals surface area (Å²) >= 11 is 0. The zero-order valence-corrected chi connectivity index (χ0v) is 17.0. The predicted molar refractivity (Wildman–Crippen MR) is 101 cm³/mol. The molecule has 2 atom stereocenters. The topological polar surface area (TPSA) is 90.0 Å². The third-order valence-corrected chi connectivity index (χ3v) is 6.36. The number of ether oxygens (including phenoxy) is 2. The molecule has 0 radical (unpaired) electrons. The van der Waals surface area contributed by atoms with E-state index in [9.17, 15) is 18.0 Å². The molecule has 1 fully saturated rings. The molecule has 1 aromatic carbocycles. The summed E-state index contributed by atoms with van der Waals surface area (Å²) in [6.07, 6.45) is -0.582. The highest BCUT2D eigenvalue weighted by Gasteiger charge is 2.36. The number of aryl methyl sites for hydroxylation is 2. The van der Waals surface area contributed by atoms with E-state index in [-0.39, 0.29) is 30.1 Å². The number of carbonyl (C=O) groups is 2. The molecular formula is C19H27NO6S. The van der Waals surface area contributed by atoms with Gasteiger partial charge in [-0.05, 0) is 45.7 Å². The van der Waals surface area contributed by atoms with Crippen molar-refractivity contribution in [3.8, 4) is 5.75 Å². The van der Waals surface area contributed by atoms with E-state index in [4.69, 9.17) is 9.47 Å². The Morgan fingerprint density at radius 1 is 1.30 bits per heavy atom. The van der Waals surface area contributed by atoms with Crippen molar-refractivity contribution >= 4 is 21.7 Å². The third kappa shape index (κ3) is 5.69. The highest BCUT2D eigenvalue weighted by Crippen LogP contribution is 2.20. The number of esters is 1. The fraction of sp³-hybridized carbons (Fsp3) is 0.579. The molecule has 1 aliphatic heterocycles. The van der Waals surface area contributed by atoms with Gasteiger partial charge in [-0.3, -0.25) is 4.79 Å². The summed E-state index contributed by atoms with van der Waals surface area (Å²) in [4.78, 5) is 26.1. The maximum absolute atomic E-state index is 12.6. The minimum absolute atomic E-state index is 0.0386. The first-order chi connectivity index (χ1) is 12.6. The fourth-order valence-corrected chi connectivity index (χ4v) is 4.96. The van der Waals surface area contributed by atoms with Gasteiger partial charge in [-0.1, -0.05) is 17.7 Å². The van der Waals surface area contributed by atoms with Crippen molar-refractivity contribution in [1.82, 2.24) is 4.90 Å². The van der Waals surface area contributed by atoms with E-state index in [0.717, 1.165) is 11.1 Å². The maximum atomic E-state index is 12.6. The molecule has 0 bridgehead atoms. The van der Waals surface area contributed by atoms with Gasteiger partial charge in [-0.15, -0.1) is 0 Å². The van der Waals surface area contributed by atoms with E-state index in [0.29, 0.717) is 18.7 Å². The largest absolute Gasteiger partial charge is 0.482 e. The second-order valence-corrected chi connectivity index (χ2v) is 9.10. The molecule has 150 valence electrons. The van der Waals surface area contributed by atoms with E-state index >= 15 is 0 Å². The van der Waals surface area contributed by atoms with Gasteiger partial charge >= 0.3 is 5.97 Å². The third-order valence-electron chi connectivity index (χ3n) is 4.60.